The molecule has 3 nitrogen and oxygen atoms in total. The molecule has 92 valence electrons. The van der Waals surface area contributed by atoms with E-state index in [2.05, 4.69) is 0 Å². The van der Waals surface area contributed by atoms with E-state index < -0.39 is 0 Å². The molecule has 0 aliphatic heterocycles. The maximum atomic E-state index is 11.9. The minimum absolute atomic E-state index is 0.0897. The molecule has 17 heavy (non-hydrogen) atoms. The third-order valence-electron chi connectivity index (χ3n) is 2.56. The zero-order chi connectivity index (χ0) is 12.8. The molecule has 2 N–H and O–H groups in total. The number of hydrogen-bond acceptors (Lipinski definition) is 2. The predicted molar refractivity (Wildman–Crippen MR) is 73.9 cm³/mol. The summed E-state index contributed by atoms with van der Waals surface area (Å²) >= 11 is 4.79. The first-order chi connectivity index (χ1) is 7.99. The fraction of sp³-hybridized carbons (Fsp3) is 0.385. The van der Waals surface area contributed by atoms with Gasteiger partial charge in [-0.3, -0.25) is 4.79 Å². The summed E-state index contributed by atoms with van der Waals surface area (Å²) in [5.41, 5.74) is 7.61. The molecular weight excluding hydrogens is 232 g/mol. The van der Waals surface area contributed by atoms with Crippen LogP contribution >= 0.6 is 12.2 Å². The van der Waals surface area contributed by atoms with Gasteiger partial charge in [0.1, 0.15) is 0 Å². The minimum atomic E-state index is 0.0897. The van der Waals surface area contributed by atoms with E-state index in [9.17, 15) is 4.79 Å². The van der Waals surface area contributed by atoms with Crippen LogP contribution in [0.3, 0.4) is 0 Å². The van der Waals surface area contributed by atoms with Gasteiger partial charge in [-0.2, -0.15) is 0 Å². The number of rotatable bonds is 5. The number of likely N-dealkylation sites (N-methyl/N-ethyl adjacent to an activating group) is 1. The van der Waals surface area contributed by atoms with Gasteiger partial charge in [-0.25, -0.2) is 0 Å². The SMILES string of the molecule is Cc1cccc(CC(=O)N(C)CCC(N)=S)c1. The molecule has 1 aromatic rings. The monoisotopic (exact) mass is 250 g/mol. The van der Waals surface area contributed by atoms with Gasteiger partial charge in [0.05, 0.1) is 11.4 Å². The highest BCUT2D eigenvalue weighted by molar-refractivity contribution is 7.80. The molecule has 0 saturated heterocycles. The standard InChI is InChI=1S/C13H18N2OS/c1-10-4-3-5-11(8-10)9-13(16)15(2)7-6-12(14)17/h3-5,8H,6-7,9H2,1-2H3,(H2,14,17). The van der Waals surface area contributed by atoms with Gasteiger partial charge in [0.25, 0.3) is 0 Å². The molecule has 0 fully saturated rings. The summed E-state index contributed by atoms with van der Waals surface area (Å²) in [7, 11) is 1.77. The first-order valence-corrected chi connectivity index (χ1v) is 5.97. The van der Waals surface area contributed by atoms with Crippen molar-refractivity contribution in [1.82, 2.24) is 4.90 Å². The van der Waals surface area contributed by atoms with Crippen molar-refractivity contribution >= 4 is 23.1 Å². The van der Waals surface area contributed by atoms with E-state index in [0.29, 0.717) is 24.4 Å². The van der Waals surface area contributed by atoms with Crippen molar-refractivity contribution in [2.45, 2.75) is 19.8 Å². The van der Waals surface area contributed by atoms with Gasteiger partial charge >= 0.3 is 0 Å². The smallest absolute Gasteiger partial charge is 0.226 e. The highest BCUT2D eigenvalue weighted by atomic mass is 32.1. The average Bonchev–Trinajstić information content (AvgIpc) is 2.25. The molecule has 1 aromatic carbocycles. The molecule has 0 unspecified atom stereocenters. The van der Waals surface area contributed by atoms with Gasteiger partial charge in [0.2, 0.25) is 5.91 Å². The Balaban J connectivity index is 2.51. The molecule has 0 aliphatic rings. The van der Waals surface area contributed by atoms with E-state index in [1.165, 1.54) is 5.56 Å². The van der Waals surface area contributed by atoms with Crippen LogP contribution < -0.4 is 5.73 Å². The zero-order valence-corrected chi connectivity index (χ0v) is 11.1. The maximum absolute atomic E-state index is 11.9. The summed E-state index contributed by atoms with van der Waals surface area (Å²) in [5, 5.41) is 0. The zero-order valence-electron chi connectivity index (χ0n) is 10.3. The minimum Gasteiger partial charge on any atom is -0.393 e. The Labute approximate surface area is 108 Å². The van der Waals surface area contributed by atoms with E-state index in [1.807, 2.05) is 31.2 Å². The first-order valence-electron chi connectivity index (χ1n) is 5.57. The van der Waals surface area contributed by atoms with Crippen LogP contribution in [0, 0.1) is 6.92 Å². The lowest BCUT2D eigenvalue weighted by atomic mass is 10.1. The van der Waals surface area contributed by atoms with Crippen LogP contribution in [0.5, 0.6) is 0 Å². The Kier molecular flexibility index (Phi) is 5.10. The second kappa shape index (κ2) is 6.35. The van der Waals surface area contributed by atoms with Crippen LogP contribution in [0.4, 0.5) is 0 Å². The molecule has 0 spiro atoms. The number of aryl methyl sites for hydroxylation is 1. The van der Waals surface area contributed by atoms with Crippen molar-refractivity contribution in [1.29, 1.82) is 0 Å². The lowest BCUT2D eigenvalue weighted by Gasteiger charge is -2.16. The number of hydrogen-bond donors (Lipinski definition) is 1. The Bertz CT molecular complexity index is 418. The predicted octanol–water partition coefficient (Wildman–Crippen LogP) is 1.67. The highest BCUT2D eigenvalue weighted by Gasteiger charge is 2.09. The quantitative estimate of drug-likeness (QED) is 0.809. The van der Waals surface area contributed by atoms with Crippen LogP contribution in [0.1, 0.15) is 17.5 Å². The first kappa shape index (κ1) is 13.6. The van der Waals surface area contributed by atoms with E-state index >= 15 is 0 Å². The number of carbonyl (C=O) groups excluding carboxylic acids is 1. The molecular formula is C13H18N2OS. The van der Waals surface area contributed by atoms with Crippen molar-refractivity contribution in [3.8, 4) is 0 Å². The summed E-state index contributed by atoms with van der Waals surface area (Å²) in [6.45, 7) is 2.60. The number of nitrogens with two attached hydrogens (primary N) is 1. The topological polar surface area (TPSA) is 46.3 Å². The van der Waals surface area contributed by atoms with Crippen LogP contribution in [0.25, 0.3) is 0 Å². The molecule has 4 heteroatoms. The lowest BCUT2D eigenvalue weighted by Crippen LogP contribution is -2.31. The summed E-state index contributed by atoms with van der Waals surface area (Å²) in [6.07, 6.45) is 1.00. The normalized spacial score (nSPS) is 10.0. The highest BCUT2D eigenvalue weighted by Crippen LogP contribution is 2.06. The van der Waals surface area contributed by atoms with Crippen molar-refractivity contribution in [3.05, 3.63) is 35.4 Å². The number of nitrogens with zero attached hydrogens (tertiary/aromatic N) is 1. The fourth-order valence-electron chi connectivity index (χ4n) is 1.53. The van der Waals surface area contributed by atoms with Crippen molar-refractivity contribution < 1.29 is 4.79 Å². The lowest BCUT2D eigenvalue weighted by molar-refractivity contribution is -0.129. The summed E-state index contributed by atoms with van der Waals surface area (Å²) in [4.78, 5) is 14.0. The van der Waals surface area contributed by atoms with Gasteiger partial charge in [-0.05, 0) is 12.5 Å². The average molecular weight is 250 g/mol. The molecule has 0 aromatic heterocycles. The second-order valence-electron chi connectivity index (χ2n) is 4.20. The van der Waals surface area contributed by atoms with Crippen LogP contribution in [0.15, 0.2) is 24.3 Å². The third-order valence-corrected chi connectivity index (χ3v) is 2.76. The van der Waals surface area contributed by atoms with Crippen molar-refractivity contribution in [2.24, 2.45) is 5.73 Å². The number of carbonyl (C=O) groups is 1. The van der Waals surface area contributed by atoms with E-state index in [4.69, 9.17) is 18.0 Å². The number of thiocarbonyl (C=S) groups is 1. The van der Waals surface area contributed by atoms with E-state index in [0.717, 1.165) is 5.56 Å². The van der Waals surface area contributed by atoms with E-state index in [1.54, 1.807) is 11.9 Å². The van der Waals surface area contributed by atoms with Crippen molar-refractivity contribution in [3.63, 3.8) is 0 Å². The molecule has 0 radical (unpaired) electrons. The van der Waals surface area contributed by atoms with Gasteiger partial charge in [0, 0.05) is 20.0 Å². The van der Waals surface area contributed by atoms with Crippen LogP contribution in [-0.2, 0) is 11.2 Å². The van der Waals surface area contributed by atoms with Gasteiger partial charge in [-0.1, -0.05) is 42.0 Å². The molecule has 0 saturated carbocycles. The van der Waals surface area contributed by atoms with E-state index in [-0.39, 0.29) is 5.91 Å². The van der Waals surface area contributed by atoms with Crippen LogP contribution in [0.2, 0.25) is 0 Å². The Hall–Kier alpha value is -1.42. The van der Waals surface area contributed by atoms with Gasteiger partial charge in [-0.15, -0.1) is 0 Å². The Morgan fingerprint density at radius 1 is 1.47 bits per heavy atom. The van der Waals surface area contributed by atoms with Crippen molar-refractivity contribution in [2.75, 3.05) is 13.6 Å². The fourth-order valence-corrected chi connectivity index (χ4v) is 1.63. The number of benzene rings is 1. The largest absolute Gasteiger partial charge is 0.393 e. The number of amides is 1. The molecule has 0 aliphatic carbocycles. The van der Waals surface area contributed by atoms with Gasteiger partial charge < -0.3 is 10.6 Å². The van der Waals surface area contributed by atoms with Gasteiger partial charge in [0.15, 0.2) is 0 Å². The second-order valence-corrected chi connectivity index (χ2v) is 4.72. The van der Waals surface area contributed by atoms with Crippen LogP contribution in [-0.4, -0.2) is 29.4 Å². The maximum Gasteiger partial charge on any atom is 0.226 e. The molecule has 1 rings (SSSR count). The summed E-state index contributed by atoms with van der Waals surface area (Å²) < 4.78 is 0. The summed E-state index contributed by atoms with van der Waals surface area (Å²) in [5.74, 6) is 0.0897. The molecule has 0 bridgehead atoms. The molecule has 0 heterocycles. The molecule has 0 atom stereocenters. The Morgan fingerprint density at radius 2 is 2.18 bits per heavy atom. The summed E-state index contributed by atoms with van der Waals surface area (Å²) in [6, 6.07) is 7.98. The third kappa shape index (κ3) is 4.95. The Morgan fingerprint density at radius 3 is 2.76 bits per heavy atom. The molecule has 1 amide bonds.